The van der Waals surface area contributed by atoms with Crippen molar-refractivity contribution in [3.63, 3.8) is 0 Å². The molecule has 0 rings (SSSR count). The zero-order valence-corrected chi connectivity index (χ0v) is 7.55. The molecule has 0 aliphatic rings. The number of hydroxylamine groups is 2. The molecule has 0 radical (unpaired) electrons. The van der Waals surface area contributed by atoms with Crippen molar-refractivity contribution in [2.75, 3.05) is 20.8 Å². The van der Waals surface area contributed by atoms with Gasteiger partial charge in [-0.2, -0.15) is 5.06 Å². The van der Waals surface area contributed by atoms with Gasteiger partial charge in [0.1, 0.15) is 0 Å². The molecular formula is C7H18N2O. The van der Waals surface area contributed by atoms with Crippen LogP contribution in [0.1, 0.15) is 20.8 Å². The second kappa shape index (κ2) is 3.32. The van der Waals surface area contributed by atoms with E-state index in [9.17, 15) is 5.21 Å². The summed E-state index contributed by atoms with van der Waals surface area (Å²) in [4.78, 5) is 1.92. The maximum atomic E-state index is 9.35. The van der Waals surface area contributed by atoms with Crippen LogP contribution < -0.4 is 0 Å². The van der Waals surface area contributed by atoms with E-state index in [0.29, 0.717) is 6.67 Å². The van der Waals surface area contributed by atoms with Crippen molar-refractivity contribution in [3.8, 4) is 0 Å². The summed E-state index contributed by atoms with van der Waals surface area (Å²) in [6, 6.07) is 0. The second-order valence-corrected chi connectivity index (χ2v) is 3.79. The van der Waals surface area contributed by atoms with Gasteiger partial charge < -0.3 is 5.21 Å². The molecule has 0 heterocycles. The van der Waals surface area contributed by atoms with Crippen LogP contribution in [0.4, 0.5) is 0 Å². The van der Waals surface area contributed by atoms with Gasteiger partial charge in [-0.25, -0.2) is 0 Å². The Labute approximate surface area is 63.2 Å². The van der Waals surface area contributed by atoms with Crippen LogP contribution in [0.3, 0.4) is 0 Å². The van der Waals surface area contributed by atoms with Crippen LogP contribution in [-0.2, 0) is 0 Å². The molecule has 0 aromatic heterocycles. The first-order chi connectivity index (χ1) is 4.34. The zero-order chi connectivity index (χ0) is 8.36. The first-order valence-electron chi connectivity index (χ1n) is 3.45. The van der Waals surface area contributed by atoms with Gasteiger partial charge in [0.15, 0.2) is 0 Å². The van der Waals surface area contributed by atoms with Gasteiger partial charge in [-0.1, -0.05) is 0 Å². The topological polar surface area (TPSA) is 26.7 Å². The predicted molar refractivity (Wildman–Crippen MR) is 41.9 cm³/mol. The SMILES string of the molecule is CN(C)CN(O)C(C)(C)C. The molecule has 0 aromatic carbocycles. The Balaban J connectivity index is 3.73. The zero-order valence-electron chi connectivity index (χ0n) is 7.55. The molecule has 3 heteroatoms. The first kappa shape index (κ1) is 9.88. The summed E-state index contributed by atoms with van der Waals surface area (Å²) >= 11 is 0. The third-order valence-electron chi connectivity index (χ3n) is 1.19. The third-order valence-corrected chi connectivity index (χ3v) is 1.19. The van der Waals surface area contributed by atoms with E-state index >= 15 is 0 Å². The van der Waals surface area contributed by atoms with Gasteiger partial charge in [0.05, 0.1) is 6.67 Å². The standard InChI is InChI=1S/C7H18N2O/c1-7(2,3)9(10)6-8(4)5/h10H,6H2,1-5H3. The molecule has 62 valence electrons. The van der Waals surface area contributed by atoms with Crippen LogP contribution in [0.5, 0.6) is 0 Å². The van der Waals surface area contributed by atoms with Gasteiger partial charge in [-0.3, -0.25) is 4.90 Å². The number of rotatable bonds is 2. The van der Waals surface area contributed by atoms with Gasteiger partial charge in [0.25, 0.3) is 0 Å². The van der Waals surface area contributed by atoms with E-state index in [1.54, 1.807) is 0 Å². The van der Waals surface area contributed by atoms with Gasteiger partial charge in [-0.05, 0) is 34.9 Å². The van der Waals surface area contributed by atoms with Crippen molar-refractivity contribution in [3.05, 3.63) is 0 Å². The van der Waals surface area contributed by atoms with Crippen LogP contribution in [0, 0.1) is 0 Å². The Hall–Kier alpha value is -0.120. The molecule has 0 aromatic rings. The van der Waals surface area contributed by atoms with Crippen molar-refractivity contribution in [1.82, 2.24) is 9.96 Å². The van der Waals surface area contributed by atoms with Crippen molar-refractivity contribution >= 4 is 0 Å². The van der Waals surface area contributed by atoms with E-state index in [1.807, 2.05) is 39.8 Å². The largest absolute Gasteiger partial charge is 0.312 e. The summed E-state index contributed by atoms with van der Waals surface area (Å²) in [6.45, 7) is 6.48. The molecule has 0 atom stereocenters. The molecule has 0 spiro atoms. The summed E-state index contributed by atoms with van der Waals surface area (Å²) in [5.74, 6) is 0. The summed E-state index contributed by atoms with van der Waals surface area (Å²) in [5.41, 5.74) is -0.162. The first-order valence-corrected chi connectivity index (χ1v) is 3.45. The molecule has 0 bridgehead atoms. The maximum Gasteiger partial charge on any atom is 0.0755 e. The highest BCUT2D eigenvalue weighted by Gasteiger charge is 2.18. The normalized spacial score (nSPS) is 13.2. The fourth-order valence-corrected chi connectivity index (χ4v) is 0.480. The Morgan fingerprint density at radius 2 is 1.60 bits per heavy atom. The lowest BCUT2D eigenvalue weighted by atomic mass is 10.1. The molecule has 0 aliphatic heterocycles. The summed E-state index contributed by atoms with van der Waals surface area (Å²) in [7, 11) is 3.85. The second-order valence-electron chi connectivity index (χ2n) is 3.79. The Kier molecular flexibility index (Phi) is 3.28. The highest BCUT2D eigenvalue weighted by atomic mass is 16.5. The lowest BCUT2D eigenvalue weighted by Crippen LogP contribution is -2.43. The van der Waals surface area contributed by atoms with E-state index in [1.165, 1.54) is 5.06 Å². The van der Waals surface area contributed by atoms with E-state index in [2.05, 4.69) is 0 Å². The molecule has 10 heavy (non-hydrogen) atoms. The molecule has 0 saturated heterocycles. The predicted octanol–water partition coefficient (Wildman–Crippen LogP) is 0.995. The smallest absolute Gasteiger partial charge is 0.0755 e. The molecule has 0 saturated carbocycles. The van der Waals surface area contributed by atoms with Crippen molar-refractivity contribution in [2.24, 2.45) is 0 Å². The van der Waals surface area contributed by atoms with Crippen molar-refractivity contribution < 1.29 is 5.21 Å². The highest BCUT2D eigenvalue weighted by Crippen LogP contribution is 2.08. The molecular weight excluding hydrogens is 128 g/mol. The average molecular weight is 146 g/mol. The van der Waals surface area contributed by atoms with Crippen molar-refractivity contribution in [1.29, 1.82) is 0 Å². The minimum absolute atomic E-state index is 0.162. The fourth-order valence-electron chi connectivity index (χ4n) is 0.480. The molecule has 0 amide bonds. The summed E-state index contributed by atoms with van der Waals surface area (Å²) in [5, 5.41) is 10.7. The van der Waals surface area contributed by atoms with E-state index in [0.717, 1.165) is 0 Å². The van der Waals surface area contributed by atoms with Gasteiger partial charge in [0, 0.05) is 5.54 Å². The quantitative estimate of drug-likeness (QED) is 0.465. The number of nitrogens with zero attached hydrogens (tertiary/aromatic N) is 2. The van der Waals surface area contributed by atoms with Crippen LogP contribution in [-0.4, -0.2) is 41.5 Å². The van der Waals surface area contributed by atoms with Gasteiger partial charge >= 0.3 is 0 Å². The molecule has 1 N–H and O–H groups in total. The van der Waals surface area contributed by atoms with Crippen LogP contribution in [0.2, 0.25) is 0 Å². The van der Waals surface area contributed by atoms with Gasteiger partial charge in [0.2, 0.25) is 0 Å². The van der Waals surface area contributed by atoms with E-state index < -0.39 is 0 Å². The minimum Gasteiger partial charge on any atom is -0.312 e. The molecule has 0 fully saturated rings. The van der Waals surface area contributed by atoms with Crippen LogP contribution in [0.15, 0.2) is 0 Å². The third kappa shape index (κ3) is 3.82. The van der Waals surface area contributed by atoms with Crippen molar-refractivity contribution in [2.45, 2.75) is 26.3 Å². The maximum absolute atomic E-state index is 9.35. The number of hydrogen-bond donors (Lipinski definition) is 1. The minimum atomic E-state index is -0.162. The molecule has 0 aliphatic carbocycles. The fraction of sp³-hybridized carbons (Fsp3) is 1.00. The van der Waals surface area contributed by atoms with E-state index in [-0.39, 0.29) is 5.54 Å². The Morgan fingerprint density at radius 3 is 1.70 bits per heavy atom. The molecule has 0 unspecified atom stereocenters. The lowest BCUT2D eigenvalue weighted by molar-refractivity contribution is -0.176. The molecule has 3 nitrogen and oxygen atoms in total. The summed E-state index contributed by atoms with van der Waals surface area (Å²) in [6.07, 6.45) is 0. The van der Waals surface area contributed by atoms with Crippen LogP contribution in [0.25, 0.3) is 0 Å². The van der Waals surface area contributed by atoms with Crippen LogP contribution >= 0.6 is 0 Å². The lowest BCUT2D eigenvalue weighted by Gasteiger charge is -2.31. The number of hydrogen-bond acceptors (Lipinski definition) is 3. The Bertz CT molecular complexity index is 96.3. The average Bonchev–Trinajstić information content (AvgIpc) is 1.60. The monoisotopic (exact) mass is 146 g/mol. The summed E-state index contributed by atoms with van der Waals surface area (Å²) < 4.78 is 0. The Morgan fingerprint density at radius 1 is 1.20 bits per heavy atom. The van der Waals surface area contributed by atoms with Gasteiger partial charge in [-0.15, -0.1) is 0 Å². The highest BCUT2D eigenvalue weighted by molar-refractivity contribution is 4.67. The van der Waals surface area contributed by atoms with E-state index in [4.69, 9.17) is 0 Å².